The Kier molecular flexibility index (Phi) is 2.43. The van der Waals surface area contributed by atoms with Crippen LogP contribution in [-0.4, -0.2) is 35.2 Å². The lowest BCUT2D eigenvalue weighted by Gasteiger charge is -2.43. The molecule has 0 spiro atoms. The Labute approximate surface area is 124 Å². The molecule has 2 aliphatic carbocycles. The lowest BCUT2D eigenvalue weighted by molar-refractivity contribution is -0.467. The number of amides is 1. The third-order valence-electron chi connectivity index (χ3n) is 6.29. The van der Waals surface area contributed by atoms with Crippen LogP contribution >= 0.6 is 0 Å². The maximum atomic E-state index is 12.9. The van der Waals surface area contributed by atoms with E-state index < -0.39 is 5.41 Å². The van der Waals surface area contributed by atoms with Crippen LogP contribution in [0.4, 0.5) is 0 Å². The third-order valence-corrected chi connectivity index (χ3v) is 6.29. The molecular weight excluding hydrogens is 264 g/mol. The molecular formula is C17H21N2O2+. The van der Waals surface area contributed by atoms with Crippen LogP contribution in [0.3, 0.4) is 0 Å². The van der Waals surface area contributed by atoms with Crippen molar-refractivity contribution in [1.82, 2.24) is 4.90 Å². The fraction of sp³-hybridized carbons (Fsp3) is 0.588. The Morgan fingerprint density at radius 2 is 2.14 bits per heavy atom. The number of likely N-dealkylation sites (tertiary alicyclic amines) is 1. The Balaban J connectivity index is 2.05. The van der Waals surface area contributed by atoms with Crippen molar-refractivity contribution in [3.05, 3.63) is 39.5 Å². The van der Waals surface area contributed by atoms with Crippen molar-refractivity contribution in [3.63, 3.8) is 0 Å². The van der Waals surface area contributed by atoms with Crippen LogP contribution in [0.2, 0.25) is 0 Å². The van der Waals surface area contributed by atoms with E-state index in [4.69, 9.17) is 0 Å². The van der Waals surface area contributed by atoms with Crippen LogP contribution in [0, 0.1) is 16.2 Å². The van der Waals surface area contributed by atoms with E-state index in [9.17, 15) is 9.70 Å². The third kappa shape index (κ3) is 1.38. The second-order valence-corrected chi connectivity index (χ2v) is 6.96. The summed E-state index contributed by atoms with van der Waals surface area (Å²) in [7, 11) is 2.15. The zero-order valence-corrected chi connectivity index (χ0v) is 12.8. The maximum absolute atomic E-state index is 12.9. The first-order valence-corrected chi connectivity index (χ1v) is 7.80. The van der Waals surface area contributed by atoms with E-state index in [1.54, 1.807) is 0 Å². The molecule has 2 aliphatic heterocycles. The van der Waals surface area contributed by atoms with Crippen molar-refractivity contribution in [3.8, 4) is 0 Å². The molecule has 5 bridgehead atoms. The van der Waals surface area contributed by atoms with Gasteiger partial charge >= 0.3 is 5.91 Å². The molecule has 1 amide bonds. The maximum Gasteiger partial charge on any atom is 0.443 e. The highest BCUT2D eigenvalue weighted by Gasteiger charge is 2.59. The highest BCUT2D eigenvalue weighted by molar-refractivity contribution is 5.81. The van der Waals surface area contributed by atoms with E-state index >= 15 is 0 Å². The van der Waals surface area contributed by atoms with E-state index in [2.05, 4.69) is 24.9 Å². The van der Waals surface area contributed by atoms with Crippen molar-refractivity contribution in [2.24, 2.45) is 11.3 Å². The zero-order chi connectivity index (χ0) is 14.9. The minimum Gasteiger partial charge on any atom is -0.374 e. The van der Waals surface area contributed by atoms with Gasteiger partial charge in [0.15, 0.2) is 0 Å². The average Bonchev–Trinajstić information content (AvgIpc) is 2.78. The van der Waals surface area contributed by atoms with Crippen LogP contribution < -0.4 is 0 Å². The van der Waals surface area contributed by atoms with Gasteiger partial charge in [-0.3, -0.25) is 0 Å². The lowest BCUT2D eigenvalue weighted by atomic mass is 9.65. The summed E-state index contributed by atoms with van der Waals surface area (Å²) in [6.07, 6.45) is 6.85. The van der Waals surface area contributed by atoms with Gasteiger partial charge in [-0.2, -0.15) is 0 Å². The molecule has 3 atom stereocenters. The van der Waals surface area contributed by atoms with Crippen molar-refractivity contribution >= 4 is 5.91 Å². The summed E-state index contributed by atoms with van der Waals surface area (Å²) >= 11 is 0. The quantitative estimate of drug-likeness (QED) is 0.642. The molecule has 0 radical (unpaired) electrons. The first-order valence-electron chi connectivity index (χ1n) is 7.80. The van der Waals surface area contributed by atoms with Crippen LogP contribution in [0.1, 0.15) is 33.1 Å². The molecule has 3 unspecified atom stereocenters. The summed E-state index contributed by atoms with van der Waals surface area (Å²) in [5.74, 6) is -0.102. The van der Waals surface area contributed by atoms with Gasteiger partial charge in [0.1, 0.15) is 5.41 Å². The summed E-state index contributed by atoms with van der Waals surface area (Å²) in [6, 6.07) is 0.330. The molecule has 0 fully saturated rings. The molecule has 21 heavy (non-hydrogen) atoms. The minimum absolute atomic E-state index is 0.151. The minimum atomic E-state index is -0.658. The van der Waals surface area contributed by atoms with Gasteiger partial charge in [0.2, 0.25) is 6.54 Å². The van der Waals surface area contributed by atoms with E-state index in [1.807, 2.05) is 13.0 Å². The molecule has 110 valence electrons. The van der Waals surface area contributed by atoms with Gasteiger partial charge in [-0.25, -0.2) is 4.79 Å². The fourth-order valence-electron chi connectivity index (χ4n) is 4.87. The molecule has 0 saturated heterocycles. The van der Waals surface area contributed by atoms with Crippen molar-refractivity contribution in [1.29, 1.82) is 0 Å². The van der Waals surface area contributed by atoms with Gasteiger partial charge < -0.3 is 4.90 Å². The SMILES string of the molecule is CC1C2CC3=C(CCC4=C3/C=C\C[N+](=O)C(=O)C41C)N2C. The average molecular weight is 285 g/mol. The fourth-order valence-corrected chi connectivity index (χ4v) is 4.87. The predicted molar refractivity (Wildman–Crippen MR) is 79.4 cm³/mol. The summed E-state index contributed by atoms with van der Waals surface area (Å²) in [4.78, 5) is 27.4. The highest BCUT2D eigenvalue weighted by Crippen LogP contribution is 2.56. The van der Waals surface area contributed by atoms with E-state index in [-0.39, 0.29) is 18.4 Å². The molecule has 4 nitrogen and oxygen atoms in total. The van der Waals surface area contributed by atoms with Gasteiger partial charge in [-0.15, -0.1) is 0 Å². The Hall–Kier alpha value is -1.71. The topological polar surface area (TPSA) is 40.4 Å². The second-order valence-electron chi connectivity index (χ2n) is 6.96. The highest BCUT2D eigenvalue weighted by atomic mass is 16.3. The number of fused-ring (bicyclic) bond motifs is 1. The first kappa shape index (κ1) is 13.0. The van der Waals surface area contributed by atoms with Crippen LogP contribution in [0.5, 0.6) is 0 Å². The Morgan fingerprint density at radius 3 is 2.90 bits per heavy atom. The number of rotatable bonds is 0. The van der Waals surface area contributed by atoms with Gasteiger partial charge in [-0.1, -0.05) is 13.0 Å². The number of hydrogen-bond donors (Lipinski definition) is 0. The zero-order valence-electron chi connectivity index (χ0n) is 12.8. The molecule has 4 heteroatoms. The van der Waals surface area contributed by atoms with E-state index in [0.29, 0.717) is 10.8 Å². The molecule has 0 aromatic carbocycles. The van der Waals surface area contributed by atoms with Crippen molar-refractivity contribution in [2.75, 3.05) is 13.6 Å². The molecule has 0 N–H and O–H groups in total. The predicted octanol–water partition coefficient (Wildman–Crippen LogP) is 2.57. The summed E-state index contributed by atoms with van der Waals surface area (Å²) < 4.78 is 0.652. The number of allylic oxidation sites excluding steroid dienone is 3. The summed E-state index contributed by atoms with van der Waals surface area (Å²) in [5.41, 5.74) is 4.66. The number of nitrogens with zero attached hydrogens (tertiary/aromatic N) is 2. The Morgan fingerprint density at radius 1 is 1.38 bits per heavy atom. The monoisotopic (exact) mass is 285 g/mol. The molecule has 4 rings (SSSR count). The number of hydrogen-bond acceptors (Lipinski definition) is 3. The standard InChI is InChI=1S/C17H21N2O2/c1-10-15-9-12-11-5-4-8-19(21)16(20)17(10,2)13(11)6-7-14(12)18(15)3/h4-5,10,15H,6-9H2,1-3H3/q+1/b5-4-. The molecule has 4 aliphatic rings. The van der Waals surface area contributed by atoms with E-state index in [0.717, 1.165) is 19.3 Å². The van der Waals surface area contributed by atoms with E-state index in [1.165, 1.54) is 22.4 Å². The molecule has 0 saturated carbocycles. The van der Waals surface area contributed by atoms with Crippen LogP contribution in [0.15, 0.2) is 34.6 Å². The number of carbonyl (C=O) groups is 1. The normalized spacial score (nSPS) is 39.7. The molecule has 2 heterocycles. The van der Waals surface area contributed by atoms with Crippen LogP contribution in [0.25, 0.3) is 0 Å². The number of carbonyl (C=O) groups excluding carboxylic acids is 1. The van der Waals surface area contributed by atoms with Gasteiger partial charge in [0.25, 0.3) is 0 Å². The smallest absolute Gasteiger partial charge is 0.374 e. The molecule has 0 aromatic rings. The summed E-state index contributed by atoms with van der Waals surface area (Å²) in [6.45, 7) is 4.31. The summed E-state index contributed by atoms with van der Waals surface area (Å²) in [5, 5.41) is 0. The van der Waals surface area contributed by atoms with Crippen molar-refractivity contribution < 1.29 is 9.55 Å². The van der Waals surface area contributed by atoms with Crippen LogP contribution in [-0.2, 0) is 4.79 Å². The second kappa shape index (κ2) is 3.93. The number of nitroso groups, excluding NO2 is 1. The lowest BCUT2D eigenvalue weighted by Crippen LogP contribution is -2.50. The molecule has 0 aromatic heterocycles. The Bertz CT molecular complexity index is 670. The largest absolute Gasteiger partial charge is 0.443 e. The van der Waals surface area contributed by atoms with Gasteiger partial charge in [0, 0.05) is 23.7 Å². The first-order chi connectivity index (χ1) is 9.96. The van der Waals surface area contributed by atoms with Gasteiger partial charge in [0.05, 0.1) is 4.76 Å². The van der Waals surface area contributed by atoms with Crippen molar-refractivity contribution in [2.45, 2.75) is 39.2 Å². The van der Waals surface area contributed by atoms with Gasteiger partial charge in [-0.05, 0) is 54.9 Å².